The number of ether oxygens (including phenoxy) is 1. The Labute approximate surface area is 104 Å². The highest BCUT2D eigenvalue weighted by molar-refractivity contribution is 5.79. The third-order valence-electron chi connectivity index (χ3n) is 3.76. The van der Waals surface area contributed by atoms with Gasteiger partial charge in [-0.1, -0.05) is 19.8 Å². The number of carbonyl (C=O) groups is 1. The summed E-state index contributed by atoms with van der Waals surface area (Å²) in [7, 11) is 1.66. The molecule has 1 amide bonds. The van der Waals surface area contributed by atoms with Crippen LogP contribution in [0.25, 0.3) is 0 Å². The van der Waals surface area contributed by atoms with Gasteiger partial charge in [0.1, 0.15) is 0 Å². The Hall–Kier alpha value is -0.610. The van der Waals surface area contributed by atoms with Gasteiger partial charge in [0.15, 0.2) is 0 Å². The number of hydrogen-bond donors (Lipinski definition) is 2. The summed E-state index contributed by atoms with van der Waals surface area (Å²) in [6.45, 7) is 3.27. The third kappa shape index (κ3) is 4.28. The molecule has 0 aromatic rings. The number of nitrogens with one attached hydrogen (secondary N) is 1. The van der Waals surface area contributed by atoms with Gasteiger partial charge in [-0.3, -0.25) is 4.79 Å². The van der Waals surface area contributed by atoms with Gasteiger partial charge in [0.05, 0.1) is 12.6 Å². The van der Waals surface area contributed by atoms with Crippen LogP contribution in [-0.2, 0) is 9.53 Å². The molecular weight excluding hydrogens is 216 g/mol. The first-order chi connectivity index (χ1) is 8.22. The van der Waals surface area contributed by atoms with Crippen molar-refractivity contribution in [3.63, 3.8) is 0 Å². The van der Waals surface area contributed by atoms with E-state index in [0.29, 0.717) is 19.1 Å². The molecule has 0 bridgehead atoms. The van der Waals surface area contributed by atoms with Gasteiger partial charge in [0, 0.05) is 13.0 Å². The normalized spacial score (nSPS) is 26.5. The summed E-state index contributed by atoms with van der Waals surface area (Å²) in [5.41, 5.74) is 5.75. The quantitative estimate of drug-likeness (QED) is 0.737. The Morgan fingerprint density at radius 2 is 2.18 bits per heavy atom. The second kappa shape index (κ2) is 7.67. The molecule has 0 saturated heterocycles. The van der Waals surface area contributed by atoms with E-state index in [4.69, 9.17) is 10.5 Å². The summed E-state index contributed by atoms with van der Waals surface area (Å²) in [5, 5.41) is 3.08. The Kier molecular flexibility index (Phi) is 6.52. The first kappa shape index (κ1) is 14.5. The van der Waals surface area contributed by atoms with Crippen LogP contribution >= 0.6 is 0 Å². The predicted molar refractivity (Wildman–Crippen MR) is 68.6 cm³/mol. The average molecular weight is 242 g/mol. The lowest BCUT2D eigenvalue weighted by Crippen LogP contribution is -2.45. The van der Waals surface area contributed by atoms with Gasteiger partial charge in [-0.05, 0) is 31.7 Å². The zero-order valence-corrected chi connectivity index (χ0v) is 11.1. The lowest BCUT2D eigenvalue weighted by molar-refractivity contribution is -0.128. The SMILES string of the molecule is CCC(COC)NC(=O)C1CCCCC1CN. The highest BCUT2D eigenvalue weighted by Gasteiger charge is 2.30. The van der Waals surface area contributed by atoms with E-state index in [2.05, 4.69) is 12.2 Å². The molecule has 0 spiro atoms. The lowest BCUT2D eigenvalue weighted by Gasteiger charge is -2.30. The largest absolute Gasteiger partial charge is 0.383 e. The van der Waals surface area contributed by atoms with E-state index in [1.165, 1.54) is 6.42 Å². The molecule has 3 unspecified atom stereocenters. The maximum absolute atomic E-state index is 12.2. The van der Waals surface area contributed by atoms with Crippen LogP contribution in [0.1, 0.15) is 39.0 Å². The first-order valence-electron chi connectivity index (χ1n) is 6.72. The summed E-state index contributed by atoms with van der Waals surface area (Å²) < 4.78 is 5.10. The van der Waals surface area contributed by atoms with E-state index in [0.717, 1.165) is 25.7 Å². The van der Waals surface area contributed by atoms with Gasteiger partial charge in [-0.15, -0.1) is 0 Å². The zero-order valence-electron chi connectivity index (χ0n) is 11.1. The number of carbonyl (C=O) groups excluding carboxylic acids is 1. The van der Waals surface area contributed by atoms with Crippen LogP contribution in [0.4, 0.5) is 0 Å². The van der Waals surface area contributed by atoms with E-state index in [-0.39, 0.29) is 17.9 Å². The highest BCUT2D eigenvalue weighted by Crippen LogP contribution is 2.29. The van der Waals surface area contributed by atoms with E-state index < -0.39 is 0 Å². The fourth-order valence-electron chi connectivity index (χ4n) is 2.61. The van der Waals surface area contributed by atoms with Crippen LogP contribution in [0.15, 0.2) is 0 Å². The van der Waals surface area contributed by atoms with Crippen LogP contribution in [-0.4, -0.2) is 32.2 Å². The van der Waals surface area contributed by atoms with Crippen LogP contribution in [0.2, 0.25) is 0 Å². The number of amides is 1. The summed E-state index contributed by atoms with van der Waals surface area (Å²) in [6, 6.07) is 0.132. The molecule has 1 fully saturated rings. The molecule has 1 aliphatic rings. The second-order valence-electron chi connectivity index (χ2n) is 4.96. The molecule has 0 aromatic heterocycles. The molecule has 4 nitrogen and oxygen atoms in total. The number of hydrogen-bond acceptors (Lipinski definition) is 3. The molecule has 0 radical (unpaired) electrons. The first-order valence-corrected chi connectivity index (χ1v) is 6.72. The van der Waals surface area contributed by atoms with Gasteiger partial charge in [0.25, 0.3) is 0 Å². The van der Waals surface area contributed by atoms with E-state index in [9.17, 15) is 4.79 Å². The fourth-order valence-corrected chi connectivity index (χ4v) is 2.61. The van der Waals surface area contributed by atoms with Crippen molar-refractivity contribution >= 4 is 5.91 Å². The van der Waals surface area contributed by atoms with Crippen molar-refractivity contribution in [1.29, 1.82) is 0 Å². The topological polar surface area (TPSA) is 64.3 Å². The maximum atomic E-state index is 12.2. The zero-order chi connectivity index (χ0) is 12.7. The summed E-state index contributed by atoms with van der Waals surface area (Å²) in [4.78, 5) is 12.2. The predicted octanol–water partition coefficient (Wildman–Crippen LogP) is 1.29. The van der Waals surface area contributed by atoms with E-state index >= 15 is 0 Å². The van der Waals surface area contributed by atoms with Crippen molar-refractivity contribution in [1.82, 2.24) is 5.32 Å². The summed E-state index contributed by atoms with van der Waals surface area (Å²) in [5.74, 6) is 0.646. The summed E-state index contributed by atoms with van der Waals surface area (Å²) >= 11 is 0. The van der Waals surface area contributed by atoms with Gasteiger partial charge in [0.2, 0.25) is 5.91 Å². The van der Waals surface area contributed by atoms with Crippen LogP contribution < -0.4 is 11.1 Å². The summed E-state index contributed by atoms with van der Waals surface area (Å²) in [6.07, 6.45) is 5.34. The van der Waals surface area contributed by atoms with Crippen LogP contribution in [0, 0.1) is 11.8 Å². The van der Waals surface area contributed by atoms with Crippen LogP contribution in [0.3, 0.4) is 0 Å². The van der Waals surface area contributed by atoms with Gasteiger partial charge >= 0.3 is 0 Å². The third-order valence-corrected chi connectivity index (χ3v) is 3.76. The minimum Gasteiger partial charge on any atom is -0.383 e. The van der Waals surface area contributed by atoms with Gasteiger partial charge in [-0.25, -0.2) is 0 Å². The van der Waals surface area contributed by atoms with Crippen molar-refractivity contribution in [2.75, 3.05) is 20.3 Å². The molecule has 3 atom stereocenters. The molecule has 0 aliphatic heterocycles. The smallest absolute Gasteiger partial charge is 0.223 e. The minimum absolute atomic E-state index is 0.111. The molecular formula is C13H26N2O2. The van der Waals surface area contributed by atoms with Crippen molar-refractivity contribution in [2.45, 2.75) is 45.1 Å². The lowest BCUT2D eigenvalue weighted by atomic mass is 9.78. The fraction of sp³-hybridized carbons (Fsp3) is 0.923. The molecule has 1 rings (SSSR count). The molecule has 3 N–H and O–H groups in total. The Morgan fingerprint density at radius 3 is 2.76 bits per heavy atom. The number of methoxy groups -OCH3 is 1. The maximum Gasteiger partial charge on any atom is 0.223 e. The van der Waals surface area contributed by atoms with Crippen molar-refractivity contribution in [3.05, 3.63) is 0 Å². The molecule has 100 valence electrons. The molecule has 1 aliphatic carbocycles. The molecule has 17 heavy (non-hydrogen) atoms. The van der Waals surface area contributed by atoms with E-state index in [1.54, 1.807) is 7.11 Å². The van der Waals surface area contributed by atoms with Gasteiger partial charge < -0.3 is 15.8 Å². The van der Waals surface area contributed by atoms with E-state index in [1.807, 2.05) is 0 Å². The Morgan fingerprint density at radius 1 is 1.47 bits per heavy atom. The van der Waals surface area contributed by atoms with Gasteiger partial charge in [-0.2, -0.15) is 0 Å². The monoisotopic (exact) mass is 242 g/mol. The van der Waals surface area contributed by atoms with Crippen molar-refractivity contribution in [3.8, 4) is 0 Å². The van der Waals surface area contributed by atoms with Crippen molar-refractivity contribution < 1.29 is 9.53 Å². The molecule has 4 heteroatoms. The molecule has 0 aromatic carbocycles. The minimum atomic E-state index is 0.111. The average Bonchev–Trinajstić information content (AvgIpc) is 2.38. The Balaban J connectivity index is 2.49. The van der Waals surface area contributed by atoms with Crippen molar-refractivity contribution in [2.24, 2.45) is 17.6 Å². The number of rotatable bonds is 6. The second-order valence-corrected chi connectivity index (χ2v) is 4.96. The highest BCUT2D eigenvalue weighted by atomic mass is 16.5. The molecule has 1 saturated carbocycles. The van der Waals surface area contributed by atoms with Crippen LogP contribution in [0.5, 0.6) is 0 Å². The number of nitrogens with two attached hydrogens (primary N) is 1. The standard InChI is InChI=1S/C13H26N2O2/c1-3-11(9-17-2)15-13(16)12-7-5-4-6-10(12)8-14/h10-12H,3-9,14H2,1-2H3,(H,15,16). The Bertz CT molecular complexity index is 233. The molecule has 0 heterocycles.